The minimum atomic E-state index is 0.591. The Morgan fingerprint density at radius 2 is 1.02 bits per heavy atom. The van der Waals surface area contributed by atoms with E-state index in [9.17, 15) is 0 Å². The van der Waals surface area contributed by atoms with E-state index in [0.29, 0.717) is 40.5 Å². The molecule has 0 fully saturated rings. The molecule has 0 saturated carbocycles. The molecule has 52 heavy (non-hydrogen) atoms. The zero-order valence-electron chi connectivity index (χ0n) is 27.6. The first-order valence-corrected chi connectivity index (χ1v) is 17.2. The summed E-state index contributed by atoms with van der Waals surface area (Å²) in [5, 5.41) is 4.42. The number of rotatable bonds is 4. The molecule has 7 aromatic carbocycles. The van der Waals surface area contributed by atoms with Gasteiger partial charge >= 0.3 is 0 Å². The summed E-state index contributed by atoms with van der Waals surface area (Å²) in [6, 6.07) is 53.4. The maximum atomic E-state index is 6.83. The number of H-pyrrole nitrogens is 1. The lowest BCUT2D eigenvalue weighted by Gasteiger charge is -2.23. The first-order valence-electron chi connectivity index (χ1n) is 17.2. The molecule has 11 rings (SSSR count). The van der Waals surface area contributed by atoms with Gasteiger partial charge in [-0.2, -0.15) is 0 Å². The maximum absolute atomic E-state index is 6.83. The predicted octanol–water partition coefficient (Wildman–Crippen LogP) is 11.5. The fourth-order valence-electron chi connectivity index (χ4n) is 7.45. The van der Waals surface area contributed by atoms with Crippen molar-refractivity contribution in [2.45, 2.75) is 0 Å². The second kappa shape index (κ2) is 11.1. The van der Waals surface area contributed by atoms with Crippen LogP contribution in [0.2, 0.25) is 0 Å². The molecule has 7 heteroatoms. The van der Waals surface area contributed by atoms with Crippen molar-refractivity contribution in [3.8, 4) is 62.8 Å². The number of fused-ring (bicyclic) bond motifs is 10. The number of hydrogen-bond donors (Lipinski definition) is 1. The van der Waals surface area contributed by atoms with E-state index in [4.69, 9.17) is 24.4 Å². The van der Waals surface area contributed by atoms with E-state index in [1.807, 2.05) is 91.0 Å². The first-order chi connectivity index (χ1) is 25.8. The lowest BCUT2D eigenvalue weighted by molar-refractivity contribution is 0.365. The summed E-state index contributed by atoms with van der Waals surface area (Å²) in [6.07, 6.45) is 0. The van der Waals surface area contributed by atoms with Crippen molar-refractivity contribution in [3.63, 3.8) is 0 Å². The number of benzene rings is 7. The van der Waals surface area contributed by atoms with E-state index < -0.39 is 0 Å². The monoisotopic (exact) mass is 669 g/mol. The van der Waals surface area contributed by atoms with E-state index in [1.54, 1.807) is 0 Å². The van der Waals surface area contributed by atoms with Crippen LogP contribution in [0.15, 0.2) is 158 Å². The molecular weight excluding hydrogens is 643 g/mol. The third-order valence-corrected chi connectivity index (χ3v) is 9.84. The SMILES string of the molecule is c1ccc(-c2nc(-c3ccccc3)nc(-c3cccc(-n4c5ccccc5c5ccc6c(c54)Oc4ccc5c([nH]c7ccccc75)c4O6)c3)n2)cc1. The molecule has 4 heterocycles. The van der Waals surface area contributed by atoms with Crippen molar-refractivity contribution >= 4 is 43.6 Å². The lowest BCUT2D eigenvalue weighted by Crippen LogP contribution is -2.03. The average Bonchev–Trinajstić information content (AvgIpc) is 3.77. The van der Waals surface area contributed by atoms with Crippen molar-refractivity contribution < 1.29 is 9.47 Å². The Bertz CT molecular complexity index is 2960. The normalized spacial score (nSPS) is 12.2. The van der Waals surface area contributed by atoms with Gasteiger partial charge in [-0.15, -0.1) is 0 Å². The molecule has 0 saturated heterocycles. The Morgan fingerprint density at radius 1 is 0.442 bits per heavy atom. The van der Waals surface area contributed by atoms with Crippen molar-refractivity contribution in [2.24, 2.45) is 0 Å². The molecule has 0 unspecified atom stereocenters. The van der Waals surface area contributed by atoms with Gasteiger partial charge in [-0.05, 0) is 48.5 Å². The van der Waals surface area contributed by atoms with Crippen LogP contribution in [0.25, 0.3) is 83.5 Å². The molecule has 10 aromatic rings. The summed E-state index contributed by atoms with van der Waals surface area (Å²) in [5.74, 6) is 4.50. The minimum Gasteiger partial charge on any atom is -0.447 e. The zero-order chi connectivity index (χ0) is 34.2. The Kier molecular flexibility index (Phi) is 6.12. The van der Waals surface area contributed by atoms with Crippen LogP contribution in [0, 0.1) is 0 Å². The number of nitrogens with zero attached hydrogens (tertiary/aromatic N) is 4. The number of ether oxygens (including phenoxy) is 2. The standard InChI is InChI=1S/C45H27N5O2/c1-3-12-27(13-4-1)43-47-44(28-14-5-2-6-15-28)49-45(48-43)29-16-11-17-30(26-29)50-36-21-10-8-19-32(36)34-23-25-38-42(40(34)50)52-37-24-22-33-31-18-7-9-20-35(31)46-39(33)41(37)51-38/h1-26,46H. The van der Waals surface area contributed by atoms with Gasteiger partial charge in [-0.1, -0.05) is 109 Å². The Hall–Kier alpha value is -7.25. The quantitative estimate of drug-likeness (QED) is 0.202. The summed E-state index contributed by atoms with van der Waals surface area (Å²) in [4.78, 5) is 18.5. The van der Waals surface area contributed by atoms with Crippen molar-refractivity contribution in [3.05, 3.63) is 158 Å². The number of aromatic amines is 1. The summed E-state index contributed by atoms with van der Waals surface area (Å²) in [5.41, 5.74) is 7.61. The average molecular weight is 670 g/mol. The second-order valence-electron chi connectivity index (χ2n) is 12.9. The first kappa shape index (κ1) is 28.6. The molecule has 0 radical (unpaired) electrons. The number of hydrogen-bond acceptors (Lipinski definition) is 5. The molecular formula is C45H27N5O2. The summed E-state index contributed by atoms with van der Waals surface area (Å²) in [6.45, 7) is 0. The molecule has 3 aromatic heterocycles. The maximum Gasteiger partial charge on any atom is 0.194 e. The lowest BCUT2D eigenvalue weighted by atomic mass is 10.1. The van der Waals surface area contributed by atoms with Crippen LogP contribution in [0.1, 0.15) is 0 Å². The topological polar surface area (TPSA) is 77.8 Å². The molecule has 244 valence electrons. The number of nitrogens with one attached hydrogen (secondary N) is 1. The Balaban J connectivity index is 1.10. The van der Waals surface area contributed by atoms with E-state index in [2.05, 4.69) is 76.3 Å². The van der Waals surface area contributed by atoms with Gasteiger partial charge < -0.3 is 19.0 Å². The van der Waals surface area contributed by atoms with Crippen LogP contribution in [0.5, 0.6) is 23.0 Å². The smallest absolute Gasteiger partial charge is 0.194 e. The van der Waals surface area contributed by atoms with Gasteiger partial charge in [0.2, 0.25) is 0 Å². The van der Waals surface area contributed by atoms with Crippen LogP contribution in [0.3, 0.4) is 0 Å². The third-order valence-electron chi connectivity index (χ3n) is 9.84. The fraction of sp³-hybridized carbons (Fsp3) is 0. The molecule has 0 atom stereocenters. The summed E-state index contributed by atoms with van der Waals surface area (Å²) < 4.78 is 15.8. The number of aromatic nitrogens is 5. The van der Waals surface area contributed by atoms with E-state index >= 15 is 0 Å². The van der Waals surface area contributed by atoms with Crippen LogP contribution in [-0.4, -0.2) is 24.5 Å². The van der Waals surface area contributed by atoms with Crippen molar-refractivity contribution in [2.75, 3.05) is 0 Å². The highest BCUT2D eigenvalue weighted by atomic mass is 16.6. The Labute approximate surface area is 297 Å². The predicted molar refractivity (Wildman–Crippen MR) is 206 cm³/mol. The van der Waals surface area contributed by atoms with Gasteiger partial charge in [0.1, 0.15) is 5.52 Å². The van der Waals surface area contributed by atoms with Gasteiger partial charge in [0.25, 0.3) is 0 Å². The highest BCUT2D eigenvalue weighted by Crippen LogP contribution is 2.53. The molecule has 0 bridgehead atoms. The molecule has 7 nitrogen and oxygen atoms in total. The van der Waals surface area contributed by atoms with Gasteiger partial charge in [-0.3, -0.25) is 0 Å². The van der Waals surface area contributed by atoms with Gasteiger partial charge in [-0.25, -0.2) is 15.0 Å². The minimum absolute atomic E-state index is 0.591. The fourth-order valence-corrected chi connectivity index (χ4v) is 7.45. The highest BCUT2D eigenvalue weighted by molar-refractivity contribution is 6.13. The largest absolute Gasteiger partial charge is 0.447 e. The number of para-hydroxylation sites is 2. The van der Waals surface area contributed by atoms with Crippen LogP contribution in [-0.2, 0) is 0 Å². The molecule has 0 spiro atoms. The van der Waals surface area contributed by atoms with Gasteiger partial charge in [0, 0.05) is 49.4 Å². The van der Waals surface area contributed by atoms with E-state index in [-0.39, 0.29) is 0 Å². The van der Waals surface area contributed by atoms with E-state index in [0.717, 1.165) is 66.0 Å². The Morgan fingerprint density at radius 3 is 1.77 bits per heavy atom. The molecule has 0 amide bonds. The van der Waals surface area contributed by atoms with Crippen LogP contribution in [0.4, 0.5) is 0 Å². The summed E-state index contributed by atoms with van der Waals surface area (Å²) in [7, 11) is 0. The van der Waals surface area contributed by atoms with Crippen LogP contribution < -0.4 is 9.47 Å². The second-order valence-corrected chi connectivity index (χ2v) is 12.9. The van der Waals surface area contributed by atoms with Gasteiger partial charge in [0.05, 0.1) is 11.0 Å². The van der Waals surface area contributed by atoms with Gasteiger partial charge in [0.15, 0.2) is 40.5 Å². The van der Waals surface area contributed by atoms with Crippen LogP contribution >= 0.6 is 0 Å². The molecule has 1 aliphatic heterocycles. The highest BCUT2D eigenvalue weighted by Gasteiger charge is 2.28. The van der Waals surface area contributed by atoms with Crippen molar-refractivity contribution in [1.29, 1.82) is 0 Å². The molecule has 1 N–H and O–H groups in total. The molecule has 1 aliphatic rings. The van der Waals surface area contributed by atoms with E-state index in [1.165, 1.54) is 0 Å². The zero-order valence-corrected chi connectivity index (χ0v) is 27.6. The summed E-state index contributed by atoms with van der Waals surface area (Å²) >= 11 is 0. The van der Waals surface area contributed by atoms with Crippen molar-refractivity contribution in [1.82, 2.24) is 24.5 Å². The molecule has 0 aliphatic carbocycles. The third kappa shape index (κ3) is 4.36.